The first-order valence-electron chi connectivity index (χ1n) is 6.11. The highest BCUT2D eigenvalue weighted by molar-refractivity contribution is 5.87. The van der Waals surface area contributed by atoms with Gasteiger partial charge in [-0.15, -0.1) is 0 Å². The van der Waals surface area contributed by atoms with E-state index < -0.39 is 17.5 Å². The second-order valence-corrected chi connectivity index (χ2v) is 4.88. The van der Waals surface area contributed by atoms with Gasteiger partial charge in [0.2, 0.25) is 5.91 Å². The summed E-state index contributed by atoms with van der Waals surface area (Å²) in [6.07, 6.45) is 2.92. The number of nitrogens with one attached hydrogen (secondary N) is 3. The summed E-state index contributed by atoms with van der Waals surface area (Å²) in [5.41, 5.74) is -1.09. The highest BCUT2D eigenvalue weighted by atomic mass is 16.4. The van der Waals surface area contributed by atoms with Crippen molar-refractivity contribution in [1.29, 1.82) is 0 Å². The van der Waals surface area contributed by atoms with E-state index in [1.807, 2.05) is 0 Å². The Morgan fingerprint density at radius 2 is 2.17 bits per heavy atom. The van der Waals surface area contributed by atoms with Crippen LogP contribution >= 0.6 is 0 Å². The van der Waals surface area contributed by atoms with E-state index in [-0.39, 0.29) is 11.9 Å². The lowest BCUT2D eigenvalue weighted by atomic mass is 9.77. The van der Waals surface area contributed by atoms with E-state index >= 15 is 0 Å². The van der Waals surface area contributed by atoms with Crippen molar-refractivity contribution in [2.75, 3.05) is 6.54 Å². The lowest BCUT2D eigenvalue weighted by molar-refractivity contribution is -0.148. The van der Waals surface area contributed by atoms with Crippen LogP contribution < -0.4 is 16.0 Å². The maximum absolute atomic E-state index is 11.6. The molecular formula is C11H17N3O4. The molecule has 7 heteroatoms. The molecule has 0 bridgehead atoms. The molecule has 4 N–H and O–H groups in total. The Hall–Kier alpha value is -1.79. The summed E-state index contributed by atoms with van der Waals surface area (Å²) < 4.78 is 0. The number of amides is 3. The number of hydrogen-bond acceptors (Lipinski definition) is 3. The molecule has 2 fully saturated rings. The van der Waals surface area contributed by atoms with Crippen LogP contribution in [0.5, 0.6) is 0 Å². The van der Waals surface area contributed by atoms with Crippen LogP contribution in [0.15, 0.2) is 0 Å². The topological polar surface area (TPSA) is 108 Å². The predicted molar refractivity (Wildman–Crippen MR) is 61.9 cm³/mol. The van der Waals surface area contributed by atoms with Crippen molar-refractivity contribution in [3.8, 4) is 0 Å². The zero-order chi connectivity index (χ0) is 13.2. The van der Waals surface area contributed by atoms with Gasteiger partial charge in [-0.3, -0.25) is 4.79 Å². The summed E-state index contributed by atoms with van der Waals surface area (Å²) in [6.45, 7) is 0.327. The molecule has 3 amide bonds. The van der Waals surface area contributed by atoms with Gasteiger partial charge in [-0.25, -0.2) is 9.59 Å². The minimum atomic E-state index is -1.09. The highest BCUT2D eigenvalue weighted by Crippen LogP contribution is 2.31. The van der Waals surface area contributed by atoms with Gasteiger partial charge in [0.05, 0.1) is 0 Å². The summed E-state index contributed by atoms with van der Waals surface area (Å²) in [5, 5.41) is 16.9. The van der Waals surface area contributed by atoms with E-state index in [2.05, 4.69) is 16.0 Å². The van der Waals surface area contributed by atoms with Gasteiger partial charge >= 0.3 is 12.0 Å². The van der Waals surface area contributed by atoms with Crippen LogP contribution in [-0.2, 0) is 9.59 Å². The lowest BCUT2D eigenvalue weighted by Crippen LogP contribution is -2.61. The average molecular weight is 255 g/mol. The molecule has 2 rings (SSSR count). The first-order chi connectivity index (χ1) is 8.52. The number of carbonyl (C=O) groups is 3. The van der Waals surface area contributed by atoms with Crippen molar-refractivity contribution in [3.05, 3.63) is 0 Å². The fourth-order valence-electron chi connectivity index (χ4n) is 2.23. The number of carboxylic acids is 1. The van der Waals surface area contributed by atoms with Crippen molar-refractivity contribution in [3.63, 3.8) is 0 Å². The van der Waals surface area contributed by atoms with Gasteiger partial charge < -0.3 is 21.1 Å². The van der Waals surface area contributed by atoms with E-state index in [0.717, 1.165) is 6.42 Å². The zero-order valence-electron chi connectivity index (χ0n) is 9.99. The van der Waals surface area contributed by atoms with Crippen LogP contribution in [0.1, 0.15) is 32.1 Å². The summed E-state index contributed by atoms with van der Waals surface area (Å²) >= 11 is 0. The smallest absolute Gasteiger partial charge is 0.329 e. The molecule has 0 spiro atoms. The molecule has 2 aliphatic rings. The maximum Gasteiger partial charge on any atom is 0.329 e. The monoisotopic (exact) mass is 255 g/mol. The van der Waals surface area contributed by atoms with E-state index in [1.165, 1.54) is 0 Å². The molecule has 0 aromatic heterocycles. The Morgan fingerprint density at radius 1 is 1.44 bits per heavy atom. The minimum Gasteiger partial charge on any atom is -0.480 e. The van der Waals surface area contributed by atoms with Crippen LogP contribution in [0, 0.1) is 0 Å². The van der Waals surface area contributed by atoms with E-state index in [4.69, 9.17) is 5.11 Å². The largest absolute Gasteiger partial charge is 0.480 e. The third-order valence-corrected chi connectivity index (χ3v) is 3.56. The van der Waals surface area contributed by atoms with Crippen molar-refractivity contribution in [1.82, 2.24) is 16.0 Å². The number of rotatable bonds is 4. The van der Waals surface area contributed by atoms with Crippen molar-refractivity contribution in [2.24, 2.45) is 0 Å². The van der Waals surface area contributed by atoms with E-state index in [0.29, 0.717) is 32.2 Å². The Morgan fingerprint density at radius 3 is 2.61 bits per heavy atom. The Labute approximate surface area is 104 Å². The van der Waals surface area contributed by atoms with Crippen LogP contribution in [-0.4, -0.2) is 41.1 Å². The number of aliphatic carboxylic acids is 1. The number of hydrogen-bond donors (Lipinski definition) is 4. The number of urea groups is 1. The summed E-state index contributed by atoms with van der Waals surface area (Å²) in [4.78, 5) is 33.6. The highest BCUT2D eigenvalue weighted by Gasteiger charge is 2.45. The zero-order valence-corrected chi connectivity index (χ0v) is 9.99. The molecule has 0 radical (unpaired) electrons. The van der Waals surface area contributed by atoms with Crippen LogP contribution in [0.4, 0.5) is 4.79 Å². The molecule has 1 unspecified atom stereocenters. The molecule has 7 nitrogen and oxygen atoms in total. The molecule has 1 heterocycles. The average Bonchev–Trinajstić information content (AvgIpc) is 2.66. The molecule has 1 aliphatic carbocycles. The van der Waals surface area contributed by atoms with Crippen LogP contribution in [0.3, 0.4) is 0 Å². The van der Waals surface area contributed by atoms with E-state index in [1.54, 1.807) is 0 Å². The van der Waals surface area contributed by atoms with Gasteiger partial charge in [0.15, 0.2) is 0 Å². The molecule has 100 valence electrons. The standard InChI is InChI=1S/C11H17N3O4/c15-8-3-2-7(13-8)6-12-10(18)14-11(9(16)17)4-1-5-11/h7H,1-6H2,(H,13,15)(H,16,17)(H2,12,14,18). The normalized spacial score (nSPS) is 24.9. The maximum atomic E-state index is 11.6. The predicted octanol–water partition coefficient (Wildman–Crippen LogP) is -0.428. The molecule has 0 aromatic rings. The third kappa shape index (κ3) is 2.55. The molecule has 1 aliphatic heterocycles. The first kappa shape index (κ1) is 12.7. The lowest BCUT2D eigenvalue weighted by Gasteiger charge is -2.38. The van der Waals surface area contributed by atoms with Gasteiger partial charge in [0, 0.05) is 19.0 Å². The summed E-state index contributed by atoms with van der Waals surface area (Å²) in [5.74, 6) is -0.999. The van der Waals surface area contributed by atoms with Crippen LogP contribution in [0.2, 0.25) is 0 Å². The Kier molecular flexibility index (Phi) is 3.40. The second-order valence-electron chi connectivity index (χ2n) is 4.88. The van der Waals surface area contributed by atoms with E-state index in [9.17, 15) is 14.4 Å². The summed E-state index contributed by atoms with van der Waals surface area (Å²) in [7, 11) is 0. The molecule has 1 saturated heterocycles. The first-order valence-corrected chi connectivity index (χ1v) is 6.11. The third-order valence-electron chi connectivity index (χ3n) is 3.56. The fraction of sp³-hybridized carbons (Fsp3) is 0.727. The van der Waals surface area contributed by atoms with Gasteiger partial charge in [0.25, 0.3) is 0 Å². The molecule has 1 saturated carbocycles. The van der Waals surface area contributed by atoms with Gasteiger partial charge in [0.1, 0.15) is 5.54 Å². The Bertz CT molecular complexity index is 378. The number of carboxylic acid groups (broad SMARTS) is 1. The second kappa shape index (κ2) is 4.83. The van der Waals surface area contributed by atoms with Gasteiger partial charge in [-0.05, 0) is 25.7 Å². The Balaban J connectivity index is 1.75. The minimum absolute atomic E-state index is 0.0109. The molecule has 18 heavy (non-hydrogen) atoms. The van der Waals surface area contributed by atoms with Crippen molar-refractivity contribution in [2.45, 2.75) is 43.7 Å². The molecule has 0 aromatic carbocycles. The molecular weight excluding hydrogens is 238 g/mol. The number of carbonyl (C=O) groups excluding carboxylic acids is 2. The quantitative estimate of drug-likeness (QED) is 0.546. The van der Waals surface area contributed by atoms with Crippen LogP contribution in [0.25, 0.3) is 0 Å². The van der Waals surface area contributed by atoms with Crippen molar-refractivity contribution >= 4 is 17.9 Å². The van der Waals surface area contributed by atoms with Gasteiger partial charge in [-0.1, -0.05) is 0 Å². The van der Waals surface area contributed by atoms with Gasteiger partial charge in [-0.2, -0.15) is 0 Å². The SMILES string of the molecule is O=C1CCC(CNC(=O)NC2(C(=O)O)CCC2)N1. The summed E-state index contributed by atoms with van der Waals surface area (Å²) in [6, 6.07) is -0.538. The van der Waals surface area contributed by atoms with Crippen molar-refractivity contribution < 1.29 is 19.5 Å². The molecule has 1 atom stereocenters. The fourth-order valence-corrected chi connectivity index (χ4v) is 2.23.